The van der Waals surface area contributed by atoms with Crippen molar-refractivity contribution in [2.24, 2.45) is 0 Å². The standard InChI is InChI=1S/C18H27NO3/c1-4-7-16-8-5-6-9-18(16)21-13-17(20)12-19-10-14(2)22-15(3)11-19/h4-6,8-9,14-15,17,20H,1,7,10-13H2,2-3H3/t14-,15-,17-/m0/s1. The number of aliphatic hydroxyl groups is 1. The summed E-state index contributed by atoms with van der Waals surface area (Å²) in [5.41, 5.74) is 1.10. The summed E-state index contributed by atoms with van der Waals surface area (Å²) in [5.74, 6) is 0.824. The van der Waals surface area contributed by atoms with Gasteiger partial charge >= 0.3 is 0 Å². The highest BCUT2D eigenvalue weighted by atomic mass is 16.5. The fourth-order valence-corrected chi connectivity index (χ4v) is 2.94. The molecule has 0 unspecified atom stereocenters. The SMILES string of the molecule is C=CCc1ccccc1OC[C@@H](O)CN1C[C@H](C)O[C@@H](C)C1. The second kappa shape index (κ2) is 8.32. The van der Waals surface area contributed by atoms with Crippen LogP contribution in [0.2, 0.25) is 0 Å². The molecule has 0 aromatic heterocycles. The Morgan fingerprint density at radius 2 is 2.05 bits per heavy atom. The van der Waals surface area contributed by atoms with E-state index in [0.717, 1.165) is 30.8 Å². The first-order valence-corrected chi connectivity index (χ1v) is 7.96. The summed E-state index contributed by atoms with van der Waals surface area (Å²) in [7, 11) is 0. The molecule has 1 saturated heterocycles. The van der Waals surface area contributed by atoms with Gasteiger partial charge in [0.15, 0.2) is 0 Å². The monoisotopic (exact) mass is 305 g/mol. The van der Waals surface area contributed by atoms with Crippen molar-refractivity contribution < 1.29 is 14.6 Å². The van der Waals surface area contributed by atoms with Crippen molar-refractivity contribution in [2.75, 3.05) is 26.2 Å². The van der Waals surface area contributed by atoms with Crippen LogP contribution in [-0.2, 0) is 11.2 Å². The molecule has 122 valence electrons. The first-order chi connectivity index (χ1) is 10.6. The largest absolute Gasteiger partial charge is 0.491 e. The molecule has 3 atom stereocenters. The molecule has 1 heterocycles. The Balaban J connectivity index is 1.82. The van der Waals surface area contributed by atoms with Crippen LogP contribution in [0.5, 0.6) is 5.75 Å². The normalized spacial score (nSPS) is 24.0. The number of β-amino-alcohol motifs (C(OH)–C–C–N with tert-alkyl or cyclic N) is 1. The highest BCUT2D eigenvalue weighted by Crippen LogP contribution is 2.19. The van der Waals surface area contributed by atoms with Crippen LogP contribution in [0.25, 0.3) is 0 Å². The highest BCUT2D eigenvalue weighted by Gasteiger charge is 2.24. The van der Waals surface area contributed by atoms with Crippen LogP contribution in [-0.4, -0.2) is 54.6 Å². The molecule has 0 spiro atoms. The van der Waals surface area contributed by atoms with Gasteiger partial charge in [-0.2, -0.15) is 0 Å². The Morgan fingerprint density at radius 3 is 2.73 bits per heavy atom. The van der Waals surface area contributed by atoms with Gasteiger partial charge in [-0.05, 0) is 31.9 Å². The number of ether oxygens (including phenoxy) is 2. The summed E-state index contributed by atoms with van der Waals surface area (Å²) in [4.78, 5) is 2.24. The van der Waals surface area contributed by atoms with Crippen molar-refractivity contribution in [3.8, 4) is 5.75 Å². The summed E-state index contributed by atoms with van der Waals surface area (Å²) >= 11 is 0. The minimum absolute atomic E-state index is 0.213. The van der Waals surface area contributed by atoms with Gasteiger partial charge in [-0.3, -0.25) is 4.90 Å². The van der Waals surface area contributed by atoms with Gasteiger partial charge in [0.05, 0.1) is 12.2 Å². The number of hydrogen-bond donors (Lipinski definition) is 1. The Kier molecular flexibility index (Phi) is 6.43. The van der Waals surface area contributed by atoms with Crippen molar-refractivity contribution in [1.29, 1.82) is 0 Å². The van der Waals surface area contributed by atoms with Crippen LogP contribution in [0, 0.1) is 0 Å². The number of allylic oxidation sites excluding steroid dienone is 1. The third-order valence-electron chi connectivity index (χ3n) is 3.73. The molecule has 4 heteroatoms. The van der Waals surface area contributed by atoms with E-state index < -0.39 is 6.10 Å². The second-order valence-corrected chi connectivity index (χ2v) is 6.04. The third kappa shape index (κ3) is 5.13. The zero-order chi connectivity index (χ0) is 15.9. The van der Waals surface area contributed by atoms with E-state index in [1.165, 1.54) is 0 Å². The molecule has 0 amide bonds. The fourth-order valence-electron chi connectivity index (χ4n) is 2.94. The number of rotatable bonds is 7. The number of aliphatic hydroxyl groups excluding tert-OH is 1. The van der Waals surface area contributed by atoms with Gasteiger partial charge in [0.1, 0.15) is 18.5 Å². The molecule has 1 aliphatic heterocycles. The average molecular weight is 305 g/mol. The first-order valence-electron chi connectivity index (χ1n) is 7.96. The van der Waals surface area contributed by atoms with Gasteiger partial charge < -0.3 is 14.6 Å². The quantitative estimate of drug-likeness (QED) is 0.785. The molecule has 1 N–H and O–H groups in total. The van der Waals surface area contributed by atoms with Gasteiger partial charge in [-0.15, -0.1) is 6.58 Å². The minimum atomic E-state index is -0.505. The minimum Gasteiger partial charge on any atom is -0.491 e. The van der Waals surface area contributed by atoms with Gasteiger partial charge in [0.25, 0.3) is 0 Å². The van der Waals surface area contributed by atoms with E-state index in [0.29, 0.717) is 13.2 Å². The van der Waals surface area contributed by atoms with Crippen molar-refractivity contribution in [1.82, 2.24) is 4.90 Å². The molecule has 0 saturated carbocycles. The predicted molar refractivity (Wildman–Crippen MR) is 88.3 cm³/mol. The number of hydrogen-bond acceptors (Lipinski definition) is 4. The maximum absolute atomic E-state index is 10.2. The third-order valence-corrected chi connectivity index (χ3v) is 3.73. The van der Waals surface area contributed by atoms with Gasteiger partial charge in [-0.25, -0.2) is 0 Å². The van der Waals surface area contributed by atoms with Crippen LogP contribution in [0.3, 0.4) is 0 Å². The van der Waals surface area contributed by atoms with E-state index in [2.05, 4.69) is 25.3 Å². The highest BCUT2D eigenvalue weighted by molar-refractivity contribution is 5.34. The van der Waals surface area contributed by atoms with Crippen molar-refractivity contribution >= 4 is 0 Å². The van der Waals surface area contributed by atoms with Crippen molar-refractivity contribution in [2.45, 2.75) is 38.6 Å². The Labute approximate surface area is 133 Å². The summed E-state index contributed by atoms with van der Waals surface area (Å²) in [5, 5.41) is 10.2. The summed E-state index contributed by atoms with van der Waals surface area (Å²) in [6.07, 6.45) is 2.55. The Hall–Kier alpha value is -1.36. The maximum Gasteiger partial charge on any atom is 0.122 e. The Bertz CT molecular complexity index is 467. The van der Waals surface area contributed by atoms with Crippen LogP contribution < -0.4 is 4.74 Å². The van der Waals surface area contributed by atoms with Gasteiger partial charge in [0, 0.05) is 19.6 Å². The molecule has 4 nitrogen and oxygen atoms in total. The van der Waals surface area contributed by atoms with Crippen LogP contribution >= 0.6 is 0 Å². The lowest BCUT2D eigenvalue weighted by Crippen LogP contribution is -2.48. The molecular formula is C18H27NO3. The lowest BCUT2D eigenvalue weighted by atomic mass is 10.1. The van der Waals surface area contributed by atoms with E-state index in [9.17, 15) is 5.11 Å². The number of benzene rings is 1. The Morgan fingerprint density at radius 1 is 1.36 bits per heavy atom. The second-order valence-electron chi connectivity index (χ2n) is 6.04. The van der Waals surface area contributed by atoms with Crippen molar-refractivity contribution in [3.63, 3.8) is 0 Å². The number of morpholine rings is 1. The molecule has 1 aliphatic rings. The van der Waals surface area contributed by atoms with Crippen molar-refractivity contribution in [3.05, 3.63) is 42.5 Å². The molecule has 0 bridgehead atoms. The molecule has 1 aromatic carbocycles. The summed E-state index contributed by atoms with van der Waals surface area (Å²) in [6, 6.07) is 7.89. The van der Waals surface area contributed by atoms with Crippen LogP contribution in [0.4, 0.5) is 0 Å². The molecule has 2 rings (SSSR count). The number of nitrogens with zero attached hydrogens (tertiary/aromatic N) is 1. The molecule has 1 fully saturated rings. The van der Waals surface area contributed by atoms with E-state index in [1.54, 1.807) is 0 Å². The molecule has 0 radical (unpaired) electrons. The van der Waals surface area contributed by atoms with E-state index in [-0.39, 0.29) is 12.2 Å². The first kappa shape index (κ1) is 17.0. The van der Waals surface area contributed by atoms with Crippen LogP contribution in [0.15, 0.2) is 36.9 Å². The van der Waals surface area contributed by atoms with E-state index >= 15 is 0 Å². The van der Waals surface area contributed by atoms with E-state index in [4.69, 9.17) is 9.47 Å². The van der Waals surface area contributed by atoms with Gasteiger partial charge in [-0.1, -0.05) is 24.3 Å². The smallest absolute Gasteiger partial charge is 0.122 e. The molecule has 22 heavy (non-hydrogen) atoms. The number of para-hydroxylation sites is 1. The molecule has 0 aliphatic carbocycles. The molecular weight excluding hydrogens is 278 g/mol. The zero-order valence-electron chi connectivity index (χ0n) is 13.6. The van der Waals surface area contributed by atoms with Gasteiger partial charge in [0.2, 0.25) is 0 Å². The molecule has 1 aromatic rings. The fraction of sp³-hybridized carbons (Fsp3) is 0.556. The maximum atomic E-state index is 10.2. The lowest BCUT2D eigenvalue weighted by Gasteiger charge is -2.36. The topological polar surface area (TPSA) is 41.9 Å². The van der Waals surface area contributed by atoms with Crippen LogP contribution in [0.1, 0.15) is 19.4 Å². The summed E-state index contributed by atoms with van der Waals surface area (Å²) in [6.45, 7) is 10.5. The predicted octanol–water partition coefficient (Wildman–Crippen LogP) is 2.26. The average Bonchev–Trinajstić information content (AvgIpc) is 2.45. The lowest BCUT2D eigenvalue weighted by molar-refractivity contribution is -0.0786. The van der Waals surface area contributed by atoms with E-state index in [1.807, 2.05) is 30.3 Å². The zero-order valence-corrected chi connectivity index (χ0v) is 13.6. The summed E-state index contributed by atoms with van der Waals surface area (Å²) < 4.78 is 11.5.